The molecule has 0 amide bonds. The van der Waals surface area contributed by atoms with Crippen LogP contribution in [0.4, 0.5) is 0 Å². The number of ether oxygens (including phenoxy) is 3. The zero-order valence-electron chi connectivity index (χ0n) is 35.8. The normalized spacial score (nSPS) is 11.8. The van der Waals surface area contributed by atoms with E-state index in [1.165, 1.54) is 167 Å². The van der Waals surface area contributed by atoms with Gasteiger partial charge in [-0.3, -0.25) is 14.4 Å². The lowest BCUT2D eigenvalue weighted by molar-refractivity contribution is -0.167. The molecule has 0 N–H and O–H groups in total. The molecule has 0 spiro atoms. The zero-order valence-corrected chi connectivity index (χ0v) is 35.8. The van der Waals surface area contributed by atoms with E-state index in [0.717, 1.165) is 57.8 Å². The van der Waals surface area contributed by atoms with Crippen molar-refractivity contribution >= 4 is 17.9 Å². The summed E-state index contributed by atoms with van der Waals surface area (Å²) in [5, 5.41) is 0. The van der Waals surface area contributed by atoms with Gasteiger partial charge in [0.2, 0.25) is 0 Å². The van der Waals surface area contributed by atoms with Crippen LogP contribution in [0.3, 0.4) is 0 Å². The summed E-state index contributed by atoms with van der Waals surface area (Å²) in [6.45, 7) is 6.64. The fourth-order valence-electron chi connectivity index (χ4n) is 7.03. The van der Waals surface area contributed by atoms with Gasteiger partial charge in [0, 0.05) is 19.3 Å². The van der Waals surface area contributed by atoms with Crippen LogP contribution in [0.15, 0.2) is 0 Å². The van der Waals surface area contributed by atoms with Gasteiger partial charge >= 0.3 is 17.9 Å². The molecule has 0 saturated carbocycles. The zero-order chi connectivity index (χ0) is 38.7. The molecule has 0 heterocycles. The van der Waals surface area contributed by atoms with Crippen LogP contribution in [0, 0.1) is 0 Å². The minimum absolute atomic E-state index is 0.0626. The van der Waals surface area contributed by atoms with Crippen molar-refractivity contribution in [1.29, 1.82) is 0 Å². The molecule has 0 saturated heterocycles. The molecule has 6 nitrogen and oxygen atoms in total. The van der Waals surface area contributed by atoms with Gasteiger partial charge in [-0.2, -0.15) is 0 Å². The van der Waals surface area contributed by atoms with E-state index in [4.69, 9.17) is 14.2 Å². The van der Waals surface area contributed by atoms with E-state index in [1.807, 2.05) is 0 Å². The molecule has 0 unspecified atom stereocenters. The smallest absolute Gasteiger partial charge is 0.306 e. The van der Waals surface area contributed by atoms with Crippen LogP contribution >= 0.6 is 0 Å². The maximum Gasteiger partial charge on any atom is 0.306 e. The fourth-order valence-corrected chi connectivity index (χ4v) is 7.03. The Kier molecular flexibility index (Phi) is 41.8. The summed E-state index contributed by atoms with van der Waals surface area (Å²) in [5.41, 5.74) is 0. The lowest BCUT2D eigenvalue weighted by Crippen LogP contribution is -2.30. The Labute approximate surface area is 329 Å². The van der Waals surface area contributed by atoms with Crippen LogP contribution in [0.5, 0.6) is 0 Å². The molecule has 0 radical (unpaired) electrons. The molecular formula is C47H90O6. The number of hydrogen-bond acceptors (Lipinski definition) is 6. The van der Waals surface area contributed by atoms with E-state index in [-0.39, 0.29) is 31.1 Å². The molecule has 0 aromatic carbocycles. The molecule has 0 fully saturated rings. The summed E-state index contributed by atoms with van der Waals surface area (Å²) in [6.07, 6.45) is 43.6. The van der Waals surface area contributed by atoms with Gasteiger partial charge in [0.25, 0.3) is 0 Å². The van der Waals surface area contributed by atoms with E-state index < -0.39 is 6.10 Å². The third kappa shape index (κ3) is 41.4. The molecule has 0 rings (SSSR count). The number of carbonyl (C=O) groups is 3. The van der Waals surface area contributed by atoms with Gasteiger partial charge in [0.1, 0.15) is 13.2 Å². The minimum atomic E-state index is -0.757. The molecule has 53 heavy (non-hydrogen) atoms. The van der Waals surface area contributed by atoms with Crippen molar-refractivity contribution in [2.24, 2.45) is 0 Å². The highest BCUT2D eigenvalue weighted by Crippen LogP contribution is 2.16. The fraction of sp³-hybridized carbons (Fsp3) is 0.936. The van der Waals surface area contributed by atoms with Crippen molar-refractivity contribution in [2.45, 2.75) is 271 Å². The molecule has 0 aromatic heterocycles. The lowest BCUT2D eigenvalue weighted by Gasteiger charge is -2.18. The summed E-state index contributed by atoms with van der Waals surface area (Å²) in [7, 11) is 0. The Balaban J connectivity index is 4.31. The first kappa shape index (κ1) is 51.4. The van der Waals surface area contributed by atoms with E-state index >= 15 is 0 Å². The van der Waals surface area contributed by atoms with Gasteiger partial charge in [-0.1, -0.05) is 226 Å². The second-order valence-corrected chi connectivity index (χ2v) is 16.0. The van der Waals surface area contributed by atoms with Crippen LogP contribution < -0.4 is 0 Å². The first-order chi connectivity index (χ1) is 26.0. The highest BCUT2D eigenvalue weighted by Gasteiger charge is 2.19. The number of carbonyl (C=O) groups excluding carboxylic acids is 3. The van der Waals surface area contributed by atoms with Gasteiger partial charge in [-0.25, -0.2) is 0 Å². The average molecular weight is 751 g/mol. The summed E-state index contributed by atoms with van der Waals surface area (Å²) >= 11 is 0. The monoisotopic (exact) mass is 751 g/mol. The highest BCUT2D eigenvalue weighted by atomic mass is 16.6. The van der Waals surface area contributed by atoms with Crippen molar-refractivity contribution in [1.82, 2.24) is 0 Å². The maximum absolute atomic E-state index is 12.7. The first-order valence-electron chi connectivity index (χ1n) is 23.5. The Morgan fingerprint density at radius 3 is 0.755 bits per heavy atom. The van der Waals surface area contributed by atoms with Crippen molar-refractivity contribution in [3.05, 3.63) is 0 Å². The van der Waals surface area contributed by atoms with Crippen LogP contribution in [-0.4, -0.2) is 37.2 Å². The van der Waals surface area contributed by atoms with Crippen LogP contribution in [0.2, 0.25) is 0 Å². The van der Waals surface area contributed by atoms with Crippen LogP contribution in [0.1, 0.15) is 265 Å². The predicted octanol–water partition coefficient (Wildman–Crippen LogP) is 14.9. The summed E-state index contributed by atoms with van der Waals surface area (Å²) in [5.74, 6) is -0.850. The van der Waals surface area contributed by atoms with E-state index in [2.05, 4.69) is 20.8 Å². The number of unbranched alkanes of at least 4 members (excludes halogenated alkanes) is 32. The van der Waals surface area contributed by atoms with Crippen molar-refractivity contribution in [3.8, 4) is 0 Å². The number of rotatable bonds is 43. The van der Waals surface area contributed by atoms with Gasteiger partial charge in [-0.15, -0.1) is 0 Å². The SMILES string of the molecule is CCCCCCCCCCCCCCCCC(=O)O[C@@H](COC(=O)CCCCCCCCCCCC)COC(=O)CCCCCCCCCCCCC. The van der Waals surface area contributed by atoms with Gasteiger partial charge in [0.05, 0.1) is 0 Å². The Morgan fingerprint density at radius 1 is 0.302 bits per heavy atom. The molecule has 314 valence electrons. The minimum Gasteiger partial charge on any atom is -0.462 e. The molecule has 6 heteroatoms. The summed E-state index contributed by atoms with van der Waals surface area (Å²) in [6, 6.07) is 0. The van der Waals surface area contributed by atoms with Gasteiger partial charge in [0.15, 0.2) is 6.10 Å². The highest BCUT2D eigenvalue weighted by molar-refractivity contribution is 5.71. The Hall–Kier alpha value is -1.59. The second kappa shape index (κ2) is 43.1. The summed E-state index contributed by atoms with van der Waals surface area (Å²) in [4.78, 5) is 37.7. The van der Waals surface area contributed by atoms with E-state index in [9.17, 15) is 14.4 Å². The van der Waals surface area contributed by atoms with Crippen molar-refractivity contribution < 1.29 is 28.6 Å². The number of hydrogen-bond donors (Lipinski definition) is 0. The van der Waals surface area contributed by atoms with E-state index in [1.54, 1.807) is 0 Å². The molecule has 0 aliphatic carbocycles. The lowest BCUT2D eigenvalue weighted by atomic mass is 10.0. The van der Waals surface area contributed by atoms with Crippen LogP contribution in [-0.2, 0) is 28.6 Å². The Bertz CT molecular complexity index is 783. The molecule has 0 aromatic rings. The number of esters is 3. The average Bonchev–Trinajstić information content (AvgIpc) is 3.15. The van der Waals surface area contributed by atoms with Crippen LogP contribution in [0.25, 0.3) is 0 Å². The molecule has 0 aliphatic rings. The van der Waals surface area contributed by atoms with Crippen molar-refractivity contribution in [3.63, 3.8) is 0 Å². The molecule has 1 atom stereocenters. The van der Waals surface area contributed by atoms with Gasteiger partial charge < -0.3 is 14.2 Å². The Morgan fingerprint density at radius 2 is 0.509 bits per heavy atom. The molecule has 0 aliphatic heterocycles. The first-order valence-corrected chi connectivity index (χ1v) is 23.5. The quantitative estimate of drug-likeness (QED) is 0.0351. The summed E-state index contributed by atoms with van der Waals surface area (Å²) < 4.78 is 16.7. The largest absolute Gasteiger partial charge is 0.462 e. The molecular weight excluding hydrogens is 661 g/mol. The third-order valence-electron chi connectivity index (χ3n) is 10.6. The standard InChI is InChI=1S/C47H90O6/c1-4-7-10-13-16-19-22-23-24-26-29-32-35-38-41-47(50)53-44(42-51-45(48)39-36-33-30-27-21-18-15-12-9-6-3)43-52-46(49)40-37-34-31-28-25-20-17-14-11-8-5-2/h44H,4-43H2,1-3H3/t44-/m0/s1. The molecule has 0 bridgehead atoms. The van der Waals surface area contributed by atoms with Gasteiger partial charge in [-0.05, 0) is 19.3 Å². The topological polar surface area (TPSA) is 78.9 Å². The predicted molar refractivity (Wildman–Crippen MR) is 224 cm³/mol. The third-order valence-corrected chi connectivity index (χ3v) is 10.6. The second-order valence-electron chi connectivity index (χ2n) is 16.0. The van der Waals surface area contributed by atoms with E-state index in [0.29, 0.717) is 19.3 Å². The van der Waals surface area contributed by atoms with Crippen molar-refractivity contribution in [2.75, 3.05) is 13.2 Å². The maximum atomic E-state index is 12.7.